The van der Waals surface area contributed by atoms with Gasteiger partial charge in [-0.25, -0.2) is 0 Å². The van der Waals surface area contributed by atoms with Gasteiger partial charge in [-0.3, -0.25) is 4.99 Å². The van der Waals surface area contributed by atoms with Gasteiger partial charge < -0.3 is 0 Å². The molecule has 2 bridgehead atoms. The highest BCUT2D eigenvalue weighted by Gasteiger charge is 2.24. The van der Waals surface area contributed by atoms with E-state index in [1.54, 1.807) is 0 Å². The van der Waals surface area contributed by atoms with E-state index in [0.717, 1.165) is 0 Å². The van der Waals surface area contributed by atoms with Crippen molar-refractivity contribution in [2.45, 2.75) is 25.7 Å². The second-order valence-corrected chi connectivity index (χ2v) is 2.24. The third-order valence-corrected chi connectivity index (χ3v) is 1.72. The van der Waals surface area contributed by atoms with E-state index in [0.29, 0.717) is 0 Å². The maximum Gasteiger partial charge on any atom is 0.0865 e. The minimum atomic E-state index is 1.27. The third kappa shape index (κ3) is 0.409. The Hall–Kier alpha value is -0.330. The molecule has 1 nitrogen and oxygen atoms in total. The number of hydrogen-bond donors (Lipinski definition) is 0. The molecule has 0 aromatic carbocycles. The van der Waals surface area contributed by atoms with Crippen molar-refractivity contribution in [2.75, 3.05) is 0 Å². The summed E-state index contributed by atoms with van der Waals surface area (Å²) >= 11 is 0. The monoisotopic (exact) mass is 94.1 g/mol. The van der Waals surface area contributed by atoms with Crippen LogP contribution >= 0.6 is 0 Å². The Bertz CT molecular complexity index is 105. The minimum Gasteiger partial charge on any atom is -0.285 e. The number of fused-ring (bicyclic) bond motifs is 1. The first-order chi connectivity index (χ1) is 3.45. The molecular weight excluding hydrogens is 86.1 g/mol. The van der Waals surface area contributed by atoms with E-state index in [4.69, 9.17) is 0 Å². The third-order valence-electron chi connectivity index (χ3n) is 1.72. The first-order valence-corrected chi connectivity index (χ1v) is 2.86. The van der Waals surface area contributed by atoms with E-state index < -0.39 is 0 Å². The fraction of sp³-hybridized carbons (Fsp3) is 0.667. The molecule has 0 fully saturated rings. The Kier molecular flexibility index (Phi) is 0.566. The second kappa shape index (κ2) is 1.09. The van der Waals surface area contributed by atoms with Crippen LogP contribution in [0.25, 0.3) is 0 Å². The van der Waals surface area contributed by atoms with Crippen molar-refractivity contribution in [1.29, 1.82) is 0 Å². The Morgan fingerprint density at radius 1 is 1.00 bits per heavy atom. The predicted molar refractivity (Wildman–Crippen MR) is 29.1 cm³/mol. The average Bonchev–Trinajstić information content (AvgIpc) is 2.22. The summed E-state index contributed by atoms with van der Waals surface area (Å²) in [6, 6.07) is 1.45. The molecule has 0 aromatic heterocycles. The molecule has 2 aliphatic heterocycles. The lowest BCUT2D eigenvalue weighted by Gasteiger charge is -2.01. The van der Waals surface area contributed by atoms with E-state index in [1.165, 1.54) is 37.4 Å². The molecule has 1 radical (unpaired) electrons. The smallest absolute Gasteiger partial charge is 0.0865 e. The zero-order valence-corrected chi connectivity index (χ0v) is 4.28. The van der Waals surface area contributed by atoms with Gasteiger partial charge in [0.15, 0.2) is 0 Å². The van der Waals surface area contributed by atoms with Gasteiger partial charge in [0.1, 0.15) is 0 Å². The normalized spacial score (nSPS) is 28.9. The van der Waals surface area contributed by atoms with E-state index in [9.17, 15) is 0 Å². The van der Waals surface area contributed by atoms with Crippen LogP contribution in [0.3, 0.4) is 0 Å². The zero-order chi connectivity index (χ0) is 4.69. The summed E-state index contributed by atoms with van der Waals surface area (Å²) in [5, 5.41) is 0. The number of hydrogen-bond acceptors (Lipinski definition) is 1. The lowest BCUT2D eigenvalue weighted by Crippen LogP contribution is -1.95. The summed E-state index contributed by atoms with van der Waals surface area (Å²) < 4.78 is 0. The van der Waals surface area contributed by atoms with E-state index in [1.807, 2.05) is 0 Å². The van der Waals surface area contributed by atoms with Gasteiger partial charge in [-0.1, -0.05) is 0 Å². The quantitative estimate of drug-likeness (QED) is 0.432. The summed E-state index contributed by atoms with van der Waals surface area (Å²) in [5.41, 5.74) is 1.45. The molecule has 0 saturated heterocycles. The van der Waals surface area contributed by atoms with E-state index in [-0.39, 0.29) is 0 Å². The fourth-order valence-electron chi connectivity index (χ4n) is 1.27. The SMILES string of the molecule is C1CC2=N[C]1CC2. The van der Waals surface area contributed by atoms with Crippen LogP contribution in [0.4, 0.5) is 0 Å². The standard InChI is InChI=1S/C6H8N/c1-2-6-4-3-5(1)7-6/h1-4H2. The average molecular weight is 94.1 g/mol. The minimum absolute atomic E-state index is 1.27. The van der Waals surface area contributed by atoms with Crippen LogP contribution in [0, 0.1) is 6.04 Å². The Labute approximate surface area is 43.4 Å². The molecular formula is C6H8N. The Morgan fingerprint density at radius 2 is 1.71 bits per heavy atom. The van der Waals surface area contributed by atoms with Crippen molar-refractivity contribution in [3.8, 4) is 0 Å². The van der Waals surface area contributed by atoms with Gasteiger partial charge in [0.2, 0.25) is 0 Å². The predicted octanol–water partition coefficient (Wildman–Crippen LogP) is 1.55. The summed E-state index contributed by atoms with van der Waals surface area (Å²) in [6.07, 6.45) is 5.09. The van der Waals surface area contributed by atoms with Crippen molar-refractivity contribution in [3.63, 3.8) is 0 Å². The first kappa shape index (κ1) is 3.65. The Balaban J connectivity index is 2.27. The number of nitrogens with zero attached hydrogens (tertiary/aromatic N) is 1. The molecule has 0 unspecified atom stereocenters. The molecule has 0 aliphatic carbocycles. The van der Waals surface area contributed by atoms with Crippen LogP contribution in [0.15, 0.2) is 4.99 Å². The molecule has 0 saturated carbocycles. The zero-order valence-electron chi connectivity index (χ0n) is 4.28. The van der Waals surface area contributed by atoms with Gasteiger partial charge in [-0.05, 0) is 25.7 Å². The number of rotatable bonds is 0. The maximum absolute atomic E-state index is 4.33. The molecule has 37 valence electrons. The summed E-state index contributed by atoms with van der Waals surface area (Å²) in [4.78, 5) is 4.33. The van der Waals surface area contributed by atoms with Gasteiger partial charge >= 0.3 is 0 Å². The van der Waals surface area contributed by atoms with Gasteiger partial charge in [0.25, 0.3) is 0 Å². The van der Waals surface area contributed by atoms with Crippen molar-refractivity contribution < 1.29 is 0 Å². The van der Waals surface area contributed by atoms with Gasteiger partial charge in [0.05, 0.1) is 6.04 Å². The molecule has 7 heavy (non-hydrogen) atoms. The highest BCUT2D eigenvalue weighted by Crippen LogP contribution is 2.33. The molecule has 1 heteroatoms. The van der Waals surface area contributed by atoms with Crippen LogP contribution in [0.2, 0.25) is 0 Å². The van der Waals surface area contributed by atoms with E-state index in [2.05, 4.69) is 4.99 Å². The van der Waals surface area contributed by atoms with Crippen LogP contribution in [-0.2, 0) is 0 Å². The van der Waals surface area contributed by atoms with Crippen LogP contribution in [0.1, 0.15) is 25.7 Å². The highest BCUT2D eigenvalue weighted by molar-refractivity contribution is 5.89. The van der Waals surface area contributed by atoms with E-state index >= 15 is 0 Å². The molecule has 2 rings (SSSR count). The fourth-order valence-corrected chi connectivity index (χ4v) is 1.27. The number of aliphatic imine (C=N–C) groups is 1. The topological polar surface area (TPSA) is 12.4 Å². The van der Waals surface area contributed by atoms with Crippen molar-refractivity contribution >= 4 is 5.71 Å². The molecule has 0 spiro atoms. The largest absolute Gasteiger partial charge is 0.285 e. The Morgan fingerprint density at radius 3 is 1.86 bits per heavy atom. The van der Waals surface area contributed by atoms with Crippen LogP contribution in [-0.4, -0.2) is 5.71 Å². The first-order valence-electron chi connectivity index (χ1n) is 2.86. The molecule has 2 heterocycles. The summed E-state index contributed by atoms with van der Waals surface area (Å²) in [7, 11) is 0. The van der Waals surface area contributed by atoms with Crippen LogP contribution in [0.5, 0.6) is 0 Å². The molecule has 0 atom stereocenters. The van der Waals surface area contributed by atoms with Crippen LogP contribution < -0.4 is 0 Å². The maximum atomic E-state index is 4.33. The second-order valence-electron chi connectivity index (χ2n) is 2.24. The van der Waals surface area contributed by atoms with Crippen molar-refractivity contribution in [3.05, 3.63) is 6.04 Å². The van der Waals surface area contributed by atoms with Crippen molar-refractivity contribution in [1.82, 2.24) is 0 Å². The molecule has 0 amide bonds. The van der Waals surface area contributed by atoms with Crippen molar-refractivity contribution in [2.24, 2.45) is 4.99 Å². The highest BCUT2D eigenvalue weighted by atomic mass is 14.9. The molecule has 0 N–H and O–H groups in total. The summed E-state index contributed by atoms with van der Waals surface area (Å²) in [6.45, 7) is 0. The summed E-state index contributed by atoms with van der Waals surface area (Å²) in [5.74, 6) is 0. The lowest BCUT2D eigenvalue weighted by atomic mass is 10.0. The molecule has 0 aromatic rings. The van der Waals surface area contributed by atoms with Gasteiger partial charge in [-0.15, -0.1) is 0 Å². The van der Waals surface area contributed by atoms with Gasteiger partial charge in [0, 0.05) is 5.71 Å². The van der Waals surface area contributed by atoms with Gasteiger partial charge in [-0.2, -0.15) is 0 Å². The lowest BCUT2D eigenvalue weighted by molar-refractivity contribution is 0.769. The molecule has 2 aliphatic rings.